The highest BCUT2D eigenvalue weighted by Gasteiger charge is 2.20. The second-order valence-corrected chi connectivity index (χ2v) is 1.94. The number of nitrogens with two attached hydrogens (primary N) is 1. The number of carbonyl (C=O) groups excluding carboxylic acids is 2. The molecular weight excluding hydrogens is 279 g/mol. The maximum Gasteiger partial charge on any atom is 0.365 e. The SMILES string of the molecule is C=N/C=C(/C(=O)ON)C(=O)OI. The lowest BCUT2D eigenvalue weighted by Gasteiger charge is -1.98. The van der Waals surface area contributed by atoms with Crippen molar-refractivity contribution in [2.24, 2.45) is 10.9 Å². The van der Waals surface area contributed by atoms with Gasteiger partial charge in [-0.05, 0) is 6.72 Å². The van der Waals surface area contributed by atoms with E-state index in [0.717, 1.165) is 6.20 Å². The summed E-state index contributed by atoms with van der Waals surface area (Å²) in [6.07, 6.45) is 0.899. The highest BCUT2D eigenvalue weighted by molar-refractivity contribution is 14.1. The maximum absolute atomic E-state index is 10.8. The van der Waals surface area contributed by atoms with Crippen LogP contribution in [0.3, 0.4) is 0 Å². The Morgan fingerprint density at radius 3 is 2.42 bits per heavy atom. The minimum atomic E-state index is -1.02. The van der Waals surface area contributed by atoms with E-state index in [2.05, 4.69) is 25.5 Å². The second-order valence-electron chi connectivity index (χ2n) is 1.50. The van der Waals surface area contributed by atoms with Gasteiger partial charge in [0.15, 0.2) is 28.6 Å². The molecule has 0 saturated heterocycles. The van der Waals surface area contributed by atoms with Crippen molar-refractivity contribution < 1.29 is 17.5 Å². The van der Waals surface area contributed by atoms with Crippen molar-refractivity contribution in [3.8, 4) is 0 Å². The third kappa shape index (κ3) is 2.96. The number of carbonyl (C=O) groups is 2. The Balaban J connectivity index is 4.67. The van der Waals surface area contributed by atoms with Gasteiger partial charge in [-0.2, -0.15) is 5.90 Å². The number of aliphatic imine (C=N–C) groups is 1. The van der Waals surface area contributed by atoms with Crippen molar-refractivity contribution in [1.29, 1.82) is 0 Å². The lowest BCUT2D eigenvalue weighted by Crippen LogP contribution is -2.18. The molecule has 0 aromatic carbocycles. The molecule has 12 heavy (non-hydrogen) atoms. The van der Waals surface area contributed by atoms with Crippen LogP contribution in [-0.2, 0) is 17.5 Å². The van der Waals surface area contributed by atoms with E-state index in [9.17, 15) is 9.59 Å². The minimum absolute atomic E-state index is 0.415. The summed E-state index contributed by atoms with van der Waals surface area (Å²) in [6, 6.07) is 0. The molecule has 0 radical (unpaired) electrons. The predicted molar refractivity (Wildman–Crippen MR) is 48.0 cm³/mol. The zero-order chi connectivity index (χ0) is 9.56. The normalized spacial score (nSPS) is 10.3. The minimum Gasteiger partial charge on any atom is -0.391 e. The molecule has 0 amide bonds. The molecule has 7 heteroatoms. The van der Waals surface area contributed by atoms with Crippen LogP contribution >= 0.6 is 23.0 Å². The zero-order valence-electron chi connectivity index (χ0n) is 5.82. The molecular formula is C5H5IN2O4. The number of hydrogen-bond donors (Lipinski definition) is 1. The summed E-state index contributed by atoms with van der Waals surface area (Å²) in [5, 5.41) is 0. The van der Waals surface area contributed by atoms with Gasteiger partial charge >= 0.3 is 11.9 Å². The topological polar surface area (TPSA) is 91.0 Å². The van der Waals surface area contributed by atoms with Gasteiger partial charge in [-0.3, -0.25) is 4.99 Å². The number of nitrogens with zero attached hydrogens (tertiary/aromatic N) is 1. The van der Waals surface area contributed by atoms with Gasteiger partial charge in [-0.25, -0.2) is 9.59 Å². The maximum atomic E-state index is 10.8. The van der Waals surface area contributed by atoms with Gasteiger partial charge < -0.3 is 7.90 Å². The van der Waals surface area contributed by atoms with E-state index in [1.807, 2.05) is 0 Å². The smallest absolute Gasteiger partial charge is 0.365 e. The van der Waals surface area contributed by atoms with Gasteiger partial charge in [0.1, 0.15) is 0 Å². The summed E-state index contributed by atoms with van der Waals surface area (Å²) >= 11 is 1.32. The number of hydrogen-bond acceptors (Lipinski definition) is 6. The predicted octanol–water partition coefficient (Wildman–Crippen LogP) is -0.119. The molecule has 0 unspecified atom stereocenters. The van der Waals surface area contributed by atoms with Crippen LogP contribution in [0.25, 0.3) is 0 Å². The van der Waals surface area contributed by atoms with Crippen LogP contribution in [-0.4, -0.2) is 18.7 Å². The van der Waals surface area contributed by atoms with Gasteiger partial charge in [0.2, 0.25) is 0 Å². The first-order chi connectivity index (χ1) is 5.67. The number of rotatable bonds is 3. The van der Waals surface area contributed by atoms with E-state index in [0.29, 0.717) is 0 Å². The average Bonchev–Trinajstić information content (AvgIpc) is 2.11. The third-order valence-electron chi connectivity index (χ3n) is 0.837. The Morgan fingerprint density at radius 2 is 2.08 bits per heavy atom. The summed E-state index contributed by atoms with van der Waals surface area (Å²) in [4.78, 5) is 28.4. The first kappa shape index (κ1) is 11.0. The first-order valence-electron chi connectivity index (χ1n) is 2.57. The quantitative estimate of drug-likeness (QED) is 0.195. The summed E-state index contributed by atoms with van der Waals surface area (Å²) in [7, 11) is 0. The van der Waals surface area contributed by atoms with Crippen LogP contribution in [0.2, 0.25) is 0 Å². The van der Waals surface area contributed by atoms with Gasteiger partial charge in [-0.1, -0.05) is 0 Å². The van der Waals surface area contributed by atoms with Crippen LogP contribution in [0.15, 0.2) is 16.8 Å². The molecule has 0 spiro atoms. The molecule has 66 valence electrons. The van der Waals surface area contributed by atoms with E-state index in [4.69, 9.17) is 0 Å². The van der Waals surface area contributed by atoms with Crippen molar-refractivity contribution in [3.63, 3.8) is 0 Å². The van der Waals surface area contributed by atoms with E-state index < -0.39 is 17.5 Å². The highest BCUT2D eigenvalue weighted by Crippen LogP contribution is 2.03. The second kappa shape index (κ2) is 5.66. The lowest BCUT2D eigenvalue weighted by molar-refractivity contribution is -0.143. The standard InChI is InChI=1S/C5H5IN2O4/c1-8-2-3(4(9)11-6)5(10)12-7/h2H,1,7H2/b3-2+. The molecule has 2 N–H and O–H groups in total. The van der Waals surface area contributed by atoms with Crippen LogP contribution in [0.5, 0.6) is 0 Å². The van der Waals surface area contributed by atoms with Crippen LogP contribution in [0.1, 0.15) is 0 Å². The molecule has 0 aliphatic rings. The lowest BCUT2D eigenvalue weighted by atomic mass is 10.3. The summed E-state index contributed by atoms with van der Waals surface area (Å²) in [5.41, 5.74) is -0.415. The first-order valence-corrected chi connectivity index (χ1v) is 3.45. The third-order valence-corrected chi connectivity index (χ3v) is 1.24. The molecule has 0 bridgehead atoms. The highest BCUT2D eigenvalue weighted by atomic mass is 127. The van der Waals surface area contributed by atoms with E-state index >= 15 is 0 Å². The largest absolute Gasteiger partial charge is 0.391 e. The van der Waals surface area contributed by atoms with E-state index in [1.54, 1.807) is 0 Å². The molecule has 0 fully saturated rings. The van der Waals surface area contributed by atoms with Gasteiger partial charge in [-0.15, -0.1) is 0 Å². The van der Waals surface area contributed by atoms with Gasteiger partial charge in [0.05, 0.1) is 0 Å². The van der Waals surface area contributed by atoms with Gasteiger partial charge in [0, 0.05) is 6.20 Å². The summed E-state index contributed by atoms with van der Waals surface area (Å²) in [6.45, 7) is 3.05. The summed E-state index contributed by atoms with van der Waals surface area (Å²) < 4.78 is 4.21. The van der Waals surface area contributed by atoms with E-state index in [-0.39, 0.29) is 0 Å². The van der Waals surface area contributed by atoms with E-state index in [1.165, 1.54) is 23.0 Å². The summed E-state index contributed by atoms with van der Waals surface area (Å²) in [5.74, 6) is 2.62. The van der Waals surface area contributed by atoms with Crippen LogP contribution in [0, 0.1) is 0 Å². The van der Waals surface area contributed by atoms with Crippen molar-refractivity contribution in [3.05, 3.63) is 11.8 Å². The fourth-order valence-corrected chi connectivity index (χ4v) is 0.622. The Bertz CT molecular complexity index is 220. The molecule has 0 aromatic heterocycles. The Hall–Kier alpha value is -0.960. The molecule has 0 saturated carbocycles. The molecule has 0 aliphatic carbocycles. The molecule has 0 heterocycles. The molecule has 0 aliphatic heterocycles. The van der Waals surface area contributed by atoms with Crippen molar-refractivity contribution >= 4 is 41.7 Å². The Labute approximate surface area is 82.1 Å². The average molecular weight is 284 g/mol. The van der Waals surface area contributed by atoms with Crippen molar-refractivity contribution in [2.75, 3.05) is 0 Å². The van der Waals surface area contributed by atoms with Crippen molar-refractivity contribution in [2.45, 2.75) is 0 Å². The number of halogens is 1. The monoisotopic (exact) mass is 284 g/mol. The Morgan fingerprint density at radius 1 is 1.50 bits per heavy atom. The van der Waals surface area contributed by atoms with Gasteiger partial charge in [0.25, 0.3) is 0 Å². The van der Waals surface area contributed by atoms with Crippen LogP contribution in [0.4, 0.5) is 0 Å². The Kier molecular flexibility index (Phi) is 5.21. The molecule has 0 aromatic rings. The molecule has 0 atom stereocenters. The molecule has 0 rings (SSSR count). The molecule has 6 nitrogen and oxygen atoms in total. The fraction of sp³-hybridized carbons (Fsp3) is 0. The zero-order valence-corrected chi connectivity index (χ0v) is 7.98. The fourth-order valence-electron chi connectivity index (χ4n) is 0.385. The van der Waals surface area contributed by atoms with Crippen molar-refractivity contribution in [1.82, 2.24) is 0 Å². The van der Waals surface area contributed by atoms with Crippen LogP contribution < -0.4 is 5.90 Å².